The molecule has 2 heteroatoms. The Morgan fingerprint density at radius 3 is 2.00 bits per heavy atom. The molecule has 0 amide bonds. The highest BCUT2D eigenvalue weighted by molar-refractivity contribution is 4.76. The standard InChI is InChI=1S/C8H16O2/c1-3-9-8(10-4-2)7-5-6-7/h7-8H,3-6H2,1-2H3. The number of ether oxygens (including phenoxy) is 2. The maximum absolute atomic E-state index is 5.38. The molecule has 1 fully saturated rings. The average Bonchev–Trinajstić information content (AvgIpc) is 2.69. The molecule has 0 spiro atoms. The zero-order valence-electron chi connectivity index (χ0n) is 6.80. The van der Waals surface area contributed by atoms with Crippen LogP contribution >= 0.6 is 0 Å². The van der Waals surface area contributed by atoms with Crippen LogP contribution in [-0.2, 0) is 9.47 Å². The summed E-state index contributed by atoms with van der Waals surface area (Å²) in [4.78, 5) is 0. The first-order valence-electron chi connectivity index (χ1n) is 4.11. The molecule has 0 aliphatic heterocycles. The highest BCUT2D eigenvalue weighted by atomic mass is 16.7. The van der Waals surface area contributed by atoms with E-state index in [0.29, 0.717) is 5.92 Å². The van der Waals surface area contributed by atoms with Gasteiger partial charge in [-0.2, -0.15) is 0 Å². The molecule has 0 unspecified atom stereocenters. The summed E-state index contributed by atoms with van der Waals surface area (Å²) in [6.07, 6.45) is 2.66. The Labute approximate surface area is 62.5 Å². The van der Waals surface area contributed by atoms with Crippen LogP contribution in [0.1, 0.15) is 26.7 Å². The zero-order valence-corrected chi connectivity index (χ0v) is 6.80. The van der Waals surface area contributed by atoms with Gasteiger partial charge in [0.15, 0.2) is 6.29 Å². The molecule has 0 heterocycles. The summed E-state index contributed by atoms with van der Waals surface area (Å²) in [5, 5.41) is 0. The van der Waals surface area contributed by atoms with Crippen LogP contribution < -0.4 is 0 Å². The van der Waals surface area contributed by atoms with Gasteiger partial charge >= 0.3 is 0 Å². The van der Waals surface area contributed by atoms with E-state index >= 15 is 0 Å². The van der Waals surface area contributed by atoms with E-state index in [1.54, 1.807) is 0 Å². The van der Waals surface area contributed by atoms with Crippen molar-refractivity contribution in [3.8, 4) is 0 Å². The summed E-state index contributed by atoms with van der Waals surface area (Å²) in [6, 6.07) is 0. The van der Waals surface area contributed by atoms with Crippen LogP contribution in [-0.4, -0.2) is 19.5 Å². The zero-order chi connectivity index (χ0) is 7.40. The second-order valence-electron chi connectivity index (χ2n) is 2.62. The molecule has 1 rings (SSSR count). The van der Waals surface area contributed by atoms with Crippen molar-refractivity contribution in [3.63, 3.8) is 0 Å². The van der Waals surface area contributed by atoms with Gasteiger partial charge in [-0.15, -0.1) is 0 Å². The quantitative estimate of drug-likeness (QED) is 0.548. The van der Waals surface area contributed by atoms with E-state index < -0.39 is 0 Å². The van der Waals surface area contributed by atoms with Crippen molar-refractivity contribution >= 4 is 0 Å². The van der Waals surface area contributed by atoms with Gasteiger partial charge in [0.2, 0.25) is 0 Å². The highest BCUT2D eigenvalue weighted by Gasteiger charge is 2.32. The van der Waals surface area contributed by atoms with Gasteiger partial charge in [0, 0.05) is 19.1 Å². The van der Waals surface area contributed by atoms with Gasteiger partial charge in [0.25, 0.3) is 0 Å². The monoisotopic (exact) mass is 144 g/mol. The largest absolute Gasteiger partial charge is 0.353 e. The second-order valence-corrected chi connectivity index (χ2v) is 2.62. The van der Waals surface area contributed by atoms with E-state index in [9.17, 15) is 0 Å². The molecule has 0 bridgehead atoms. The van der Waals surface area contributed by atoms with Gasteiger partial charge in [-0.3, -0.25) is 0 Å². The van der Waals surface area contributed by atoms with Crippen molar-refractivity contribution in [2.75, 3.05) is 13.2 Å². The summed E-state index contributed by atoms with van der Waals surface area (Å²) in [5.74, 6) is 0.694. The maximum Gasteiger partial charge on any atom is 0.160 e. The molecule has 0 aromatic carbocycles. The van der Waals surface area contributed by atoms with Gasteiger partial charge in [-0.25, -0.2) is 0 Å². The fraction of sp³-hybridized carbons (Fsp3) is 1.00. The van der Waals surface area contributed by atoms with E-state index in [4.69, 9.17) is 9.47 Å². The van der Waals surface area contributed by atoms with Crippen LogP contribution in [0.15, 0.2) is 0 Å². The molecule has 0 saturated heterocycles. The third kappa shape index (κ3) is 2.27. The van der Waals surface area contributed by atoms with Crippen molar-refractivity contribution in [1.29, 1.82) is 0 Å². The number of hydrogen-bond acceptors (Lipinski definition) is 2. The molecule has 0 aromatic heterocycles. The minimum Gasteiger partial charge on any atom is -0.353 e. The molecule has 0 N–H and O–H groups in total. The van der Waals surface area contributed by atoms with Crippen LogP contribution in [0.3, 0.4) is 0 Å². The Kier molecular flexibility index (Phi) is 3.16. The SMILES string of the molecule is CCOC(OCC)C1CC1. The lowest BCUT2D eigenvalue weighted by Crippen LogP contribution is -2.19. The molecule has 0 aromatic rings. The van der Waals surface area contributed by atoms with E-state index in [1.807, 2.05) is 13.8 Å². The lowest BCUT2D eigenvalue weighted by molar-refractivity contribution is -0.148. The molecule has 60 valence electrons. The summed E-state index contributed by atoms with van der Waals surface area (Å²) < 4.78 is 10.8. The van der Waals surface area contributed by atoms with Crippen molar-refractivity contribution in [1.82, 2.24) is 0 Å². The van der Waals surface area contributed by atoms with Gasteiger partial charge in [-0.05, 0) is 26.7 Å². The molecular weight excluding hydrogens is 128 g/mol. The Hall–Kier alpha value is -0.0800. The average molecular weight is 144 g/mol. The van der Waals surface area contributed by atoms with Gasteiger partial charge in [0.05, 0.1) is 0 Å². The van der Waals surface area contributed by atoms with Crippen molar-refractivity contribution in [2.24, 2.45) is 5.92 Å². The number of hydrogen-bond donors (Lipinski definition) is 0. The third-order valence-electron chi connectivity index (χ3n) is 1.67. The second kappa shape index (κ2) is 3.94. The maximum atomic E-state index is 5.38. The fourth-order valence-electron chi connectivity index (χ4n) is 1.02. The topological polar surface area (TPSA) is 18.5 Å². The van der Waals surface area contributed by atoms with E-state index in [2.05, 4.69) is 0 Å². The van der Waals surface area contributed by atoms with Crippen LogP contribution in [0.25, 0.3) is 0 Å². The molecule has 0 atom stereocenters. The Morgan fingerprint density at radius 1 is 1.20 bits per heavy atom. The highest BCUT2D eigenvalue weighted by Crippen LogP contribution is 2.34. The summed E-state index contributed by atoms with van der Waals surface area (Å²) in [5.41, 5.74) is 0. The minimum absolute atomic E-state index is 0.0926. The van der Waals surface area contributed by atoms with E-state index in [1.165, 1.54) is 12.8 Å². The first-order chi connectivity index (χ1) is 4.88. The summed E-state index contributed by atoms with van der Waals surface area (Å²) >= 11 is 0. The van der Waals surface area contributed by atoms with Crippen molar-refractivity contribution in [3.05, 3.63) is 0 Å². The fourth-order valence-corrected chi connectivity index (χ4v) is 1.02. The van der Waals surface area contributed by atoms with Gasteiger partial charge < -0.3 is 9.47 Å². The molecule has 0 radical (unpaired) electrons. The lowest BCUT2D eigenvalue weighted by atomic mass is 10.4. The Bertz CT molecular complexity index is 83.3. The summed E-state index contributed by atoms with van der Waals surface area (Å²) in [6.45, 7) is 5.55. The molecule has 1 aliphatic carbocycles. The van der Waals surface area contributed by atoms with E-state index in [-0.39, 0.29) is 6.29 Å². The van der Waals surface area contributed by atoms with Crippen LogP contribution in [0.4, 0.5) is 0 Å². The Balaban J connectivity index is 2.13. The van der Waals surface area contributed by atoms with Crippen molar-refractivity contribution in [2.45, 2.75) is 33.0 Å². The van der Waals surface area contributed by atoms with Gasteiger partial charge in [0.1, 0.15) is 0 Å². The van der Waals surface area contributed by atoms with E-state index in [0.717, 1.165) is 13.2 Å². The smallest absolute Gasteiger partial charge is 0.160 e. The van der Waals surface area contributed by atoms with Crippen LogP contribution in [0.2, 0.25) is 0 Å². The van der Waals surface area contributed by atoms with Crippen molar-refractivity contribution < 1.29 is 9.47 Å². The predicted octanol–water partition coefficient (Wildman–Crippen LogP) is 1.80. The Morgan fingerprint density at radius 2 is 1.70 bits per heavy atom. The first-order valence-corrected chi connectivity index (χ1v) is 4.11. The number of rotatable bonds is 5. The molecular formula is C8H16O2. The first kappa shape index (κ1) is 8.02. The van der Waals surface area contributed by atoms with Crippen LogP contribution in [0.5, 0.6) is 0 Å². The molecule has 2 nitrogen and oxygen atoms in total. The minimum atomic E-state index is 0.0926. The summed E-state index contributed by atoms with van der Waals surface area (Å²) in [7, 11) is 0. The normalized spacial score (nSPS) is 18.3. The molecule has 10 heavy (non-hydrogen) atoms. The van der Waals surface area contributed by atoms with Crippen LogP contribution in [0, 0.1) is 5.92 Å². The lowest BCUT2D eigenvalue weighted by Gasteiger charge is -2.15. The van der Waals surface area contributed by atoms with Gasteiger partial charge in [-0.1, -0.05) is 0 Å². The molecule has 1 saturated carbocycles. The predicted molar refractivity (Wildman–Crippen MR) is 39.8 cm³/mol. The molecule has 1 aliphatic rings. The third-order valence-corrected chi connectivity index (χ3v) is 1.67.